The largest absolute Gasteiger partial charge is 0.468 e. The minimum absolute atomic E-state index is 0.00852. The summed E-state index contributed by atoms with van der Waals surface area (Å²) in [7, 11) is 2.91. The molecule has 0 aliphatic heterocycles. The fourth-order valence-electron chi connectivity index (χ4n) is 2.22. The second kappa shape index (κ2) is 6.00. The van der Waals surface area contributed by atoms with Crippen LogP contribution in [0.1, 0.15) is 38.5 Å². The van der Waals surface area contributed by atoms with E-state index in [1.165, 1.54) is 18.4 Å². The number of carbonyl (C=O) groups excluding carboxylic acids is 2. The second-order valence-electron chi connectivity index (χ2n) is 4.93. The molecule has 0 radical (unpaired) electrons. The maximum atomic E-state index is 11.9. The van der Waals surface area contributed by atoms with Gasteiger partial charge in [0, 0.05) is 19.0 Å². The molecular formula is C12H22N2O3. The van der Waals surface area contributed by atoms with E-state index in [4.69, 9.17) is 5.73 Å². The van der Waals surface area contributed by atoms with E-state index >= 15 is 0 Å². The Morgan fingerprint density at radius 3 is 2.41 bits per heavy atom. The molecule has 0 aromatic carbocycles. The molecule has 1 aliphatic rings. The molecule has 0 spiro atoms. The van der Waals surface area contributed by atoms with Gasteiger partial charge in [0.1, 0.15) is 6.54 Å². The lowest BCUT2D eigenvalue weighted by molar-refractivity contribution is -0.146. The Morgan fingerprint density at radius 2 is 1.88 bits per heavy atom. The highest BCUT2D eigenvalue weighted by Crippen LogP contribution is 2.28. The zero-order valence-electron chi connectivity index (χ0n) is 10.7. The van der Waals surface area contributed by atoms with E-state index in [0.717, 1.165) is 25.7 Å². The lowest BCUT2D eigenvalue weighted by Gasteiger charge is -2.34. The van der Waals surface area contributed by atoms with Gasteiger partial charge in [-0.1, -0.05) is 19.3 Å². The first-order valence-corrected chi connectivity index (χ1v) is 6.06. The van der Waals surface area contributed by atoms with Gasteiger partial charge in [0.2, 0.25) is 5.91 Å². The van der Waals surface area contributed by atoms with Crippen LogP contribution in [0, 0.1) is 0 Å². The average Bonchev–Trinajstić information content (AvgIpc) is 2.29. The third-order valence-corrected chi connectivity index (χ3v) is 3.37. The maximum absolute atomic E-state index is 11.9. The molecule has 1 amide bonds. The van der Waals surface area contributed by atoms with Crippen molar-refractivity contribution in [2.45, 2.75) is 44.1 Å². The second-order valence-corrected chi connectivity index (χ2v) is 4.93. The molecule has 1 aliphatic carbocycles. The topological polar surface area (TPSA) is 72.6 Å². The Balaban J connectivity index is 2.44. The van der Waals surface area contributed by atoms with Crippen molar-refractivity contribution in [3.63, 3.8) is 0 Å². The number of carbonyl (C=O) groups is 2. The lowest BCUT2D eigenvalue weighted by Crippen LogP contribution is -2.47. The number of nitrogens with two attached hydrogens (primary N) is 1. The molecule has 5 nitrogen and oxygen atoms in total. The molecule has 98 valence electrons. The van der Waals surface area contributed by atoms with Crippen molar-refractivity contribution in [3.05, 3.63) is 0 Å². The smallest absolute Gasteiger partial charge is 0.325 e. The number of rotatable bonds is 4. The number of likely N-dealkylation sites (N-methyl/N-ethyl adjacent to an activating group) is 1. The van der Waals surface area contributed by atoms with Gasteiger partial charge in [0.05, 0.1) is 7.11 Å². The molecular weight excluding hydrogens is 220 g/mol. The fraction of sp³-hybridized carbons (Fsp3) is 0.833. The Hall–Kier alpha value is -1.10. The molecule has 0 unspecified atom stereocenters. The van der Waals surface area contributed by atoms with E-state index in [-0.39, 0.29) is 18.0 Å². The van der Waals surface area contributed by atoms with Gasteiger partial charge in [-0.05, 0) is 12.8 Å². The van der Waals surface area contributed by atoms with Gasteiger partial charge in [0.15, 0.2) is 0 Å². The van der Waals surface area contributed by atoms with Crippen molar-refractivity contribution in [2.75, 3.05) is 20.7 Å². The molecule has 2 N–H and O–H groups in total. The van der Waals surface area contributed by atoms with E-state index in [1.807, 2.05) is 0 Å². The third-order valence-electron chi connectivity index (χ3n) is 3.37. The molecule has 1 fully saturated rings. The molecule has 0 atom stereocenters. The fourth-order valence-corrected chi connectivity index (χ4v) is 2.22. The summed E-state index contributed by atoms with van der Waals surface area (Å²) in [6.45, 7) is -0.00852. The quantitative estimate of drug-likeness (QED) is 0.735. The predicted molar refractivity (Wildman–Crippen MR) is 64.3 cm³/mol. The molecule has 0 heterocycles. The zero-order chi connectivity index (χ0) is 12.9. The number of nitrogens with zero attached hydrogens (tertiary/aromatic N) is 1. The minimum Gasteiger partial charge on any atom is -0.468 e. The molecule has 0 aromatic rings. The van der Waals surface area contributed by atoms with Crippen molar-refractivity contribution in [3.8, 4) is 0 Å². The highest BCUT2D eigenvalue weighted by Gasteiger charge is 2.31. The van der Waals surface area contributed by atoms with Crippen LogP contribution in [0.2, 0.25) is 0 Å². The van der Waals surface area contributed by atoms with Crippen molar-refractivity contribution in [2.24, 2.45) is 5.73 Å². The van der Waals surface area contributed by atoms with E-state index in [2.05, 4.69) is 4.74 Å². The lowest BCUT2D eigenvalue weighted by atomic mass is 9.80. The van der Waals surface area contributed by atoms with Crippen LogP contribution in [0.4, 0.5) is 0 Å². The van der Waals surface area contributed by atoms with Crippen LogP contribution >= 0.6 is 0 Å². The Bertz CT molecular complexity index is 285. The SMILES string of the molecule is COC(=O)CN(C)C(=O)CC1(N)CCCCC1. The molecule has 0 bridgehead atoms. The highest BCUT2D eigenvalue weighted by atomic mass is 16.5. The Morgan fingerprint density at radius 1 is 1.29 bits per heavy atom. The van der Waals surface area contributed by atoms with Gasteiger partial charge < -0.3 is 15.4 Å². The maximum Gasteiger partial charge on any atom is 0.325 e. The first-order chi connectivity index (χ1) is 7.97. The number of methoxy groups -OCH3 is 1. The summed E-state index contributed by atoms with van der Waals surface area (Å²) in [4.78, 5) is 24.3. The normalized spacial score (nSPS) is 18.5. The first-order valence-electron chi connectivity index (χ1n) is 6.06. The van der Waals surface area contributed by atoms with E-state index < -0.39 is 5.97 Å². The molecule has 1 rings (SSSR count). The van der Waals surface area contributed by atoms with Crippen LogP contribution in [0.25, 0.3) is 0 Å². The van der Waals surface area contributed by atoms with Crippen LogP contribution in [-0.2, 0) is 14.3 Å². The van der Waals surface area contributed by atoms with Crippen molar-refractivity contribution >= 4 is 11.9 Å². The summed E-state index contributed by atoms with van der Waals surface area (Å²) in [5, 5.41) is 0. The van der Waals surface area contributed by atoms with Gasteiger partial charge in [0.25, 0.3) is 0 Å². The molecule has 0 saturated heterocycles. The first kappa shape index (κ1) is 14.0. The van der Waals surface area contributed by atoms with Gasteiger partial charge in [-0.25, -0.2) is 0 Å². The summed E-state index contributed by atoms with van der Waals surface area (Å²) in [6, 6.07) is 0. The predicted octanol–water partition coefficient (Wildman–Crippen LogP) is 0.669. The van der Waals surface area contributed by atoms with Gasteiger partial charge in [-0.2, -0.15) is 0 Å². The summed E-state index contributed by atoms with van der Waals surface area (Å²) < 4.78 is 4.52. The highest BCUT2D eigenvalue weighted by molar-refractivity contribution is 5.82. The van der Waals surface area contributed by atoms with Gasteiger partial charge in [-0.3, -0.25) is 9.59 Å². The van der Waals surface area contributed by atoms with E-state index in [9.17, 15) is 9.59 Å². The van der Waals surface area contributed by atoms with Crippen LogP contribution in [-0.4, -0.2) is 43.0 Å². The minimum atomic E-state index is -0.407. The zero-order valence-corrected chi connectivity index (χ0v) is 10.7. The monoisotopic (exact) mass is 242 g/mol. The Kier molecular flexibility index (Phi) is 4.93. The van der Waals surface area contributed by atoms with Crippen molar-refractivity contribution in [1.82, 2.24) is 4.90 Å². The van der Waals surface area contributed by atoms with Crippen molar-refractivity contribution in [1.29, 1.82) is 0 Å². The summed E-state index contributed by atoms with van der Waals surface area (Å²) in [6.07, 6.45) is 5.48. The molecule has 1 saturated carbocycles. The Labute approximate surface area is 102 Å². The third kappa shape index (κ3) is 4.34. The van der Waals surface area contributed by atoms with E-state index in [1.54, 1.807) is 7.05 Å². The number of ether oxygens (including phenoxy) is 1. The standard InChI is InChI=1S/C12H22N2O3/c1-14(9-11(16)17-2)10(15)8-12(13)6-4-3-5-7-12/h3-9,13H2,1-2H3. The van der Waals surface area contributed by atoms with Crippen LogP contribution in [0.3, 0.4) is 0 Å². The number of hydrogen-bond donors (Lipinski definition) is 1. The molecule has 0 aromatic heterocycles. The van der Waals surface area contributed by atoms with Crippen LogP contribution in [0.5, 0.6) is 0 Å². The summed E-state index contributed by atoms with van der Waals surface area (Å²) >= 11 is 0. The number of hydrogen-bond acceptors (Lipinski definition) is 4. The van der Waals surface area contributed by atoms with E-state index in [0.29, 0.717) is 6.42 Å². The molecule has 17 heavy (non-hydrogen) atoms. The summed E-state index contributed by atoms with van der Waals surface area (Å²) in [5.74, 6) is -0.490. The average molecular weight is 242 g/mol. The summed E-state index contributed by atoms with van der Waals surface area (Å²) in [5.41, 5.74) is 5.82. The van der Waals surface area contributed by atoms with Gasteiger partial charge >= 0.3 is 5.97 Å². The molecule has 5 heteroatoms. The van der Waals surface area contributed by atoms with Gasteiger partial charge in [-0.15, -0.1) is 0 Å². The number of amides is 1. The van der Waals surface area contributed by atoms with Crippen LogP contribution in [0.15, 0.2) is 0 Å². The van der Waals surface area contributed by atoms with Crippen LogP contribution < -0.4 is 5.73 Å². The van der Waals surface area contributed by atoms with Crippen molar-refractivity contribution < 1.29 is 14.3 Å². The number of esters is 1.